The van der Waals surface area contributed by atoms with Gasteiger partial charge in [-0.2, -0.15) is 0 Å². The summed E-state index contributed by atoms with van der Waals surface area (Å²) in [4.78, 5) is 0.0272. The molecule has 0 heterocycles. The second-order valence-electron chi connectivity index (χ2n) is 8.54. The van der Waals surface area contributed by atoms with Crippen LogP contribution in [0.2, 0.25) is 0 Å². The van der Waals surface area contributed by atoms with E-state index in [-0.39, 0.29) is 70.3 Å². The van der Waals surface area contributed by atoms with Crippen LogP contribution in [0, 0.1) is 0 Å². The molecule has 2 aromatic carbocycles. The van der Waals surface area contributed by atoms with Gasteiger partial charge in [0.2, 0.25) is 0 Å². The molecule has 13 heteroatoms. The Hall–Kier alpha value is -1.25. The molecule has 0 saturated carbocycles. The summed E-state index contributed by atoms with van der Waals surface area (Å²) in [5.41, 5.74) is 2.99. The molecule has 0 atom stereocenters. The Bertz CT molecular complexity index is 1530. The molecular formula is C27H31N2Na2O7S2+. The fourth-order valence-corrected chi connectivity index (χ4v) is 5.83. The van der Waals surface area contributed by atoms with Crippen LogP contribution >= 0.6 is 0 Å². The van der Waals surface area contributed by atoms with E-state index in [9.17, 15) is 31.0 Å². The fourth-order valence-electron chi connectivity index (χ4n) is 4.49. The van der Waals surface area contributed by atoms with Crippen LogP contribution in [0.5, 0.6) is 5.75 Å². The number of phenols is 1. The molecule has 0 unspecified atom stereocenters. The Morgan fingerprint density at radius 3 is 1.73 bits per heavy atom. The van der Waals surface area contributed by atoms with Gasteiger partial charge in [-0.1, -0.05) is 12.1 Å². The third kappa shape index (κ3) is 8.41. The van der Waals surface area contributed by atoms with E-state index < -0.39 is 35.8 Å². The third-order valence-electron chi connectivity index (χ3n) is 6.44. The molecule has 0 aliphatic heterocycles. The van der Waals surface area contributed by atoms with Crippen molar-refractivity contribution < 1.29 is 94.7 Å². The largest absolute Gasteiger partial charge is 1.00 e. The van der Waals surface area contributed by atoms with Crippen LogP contribution < -0.4 is 64.0 Å². The smallest absolute Gasteiger partial charge is 0.744 e. The molecule has 40 heavy (non-hydrogen) atoms. The van der Waals surface area contributed by atoms with Crippen LogP contribution in [0.4, 0.5) is 5.69 Å². The topological polar surface area (TPSA) is 141 Å². The van der Waals surface area contributed by atoms with Crippen LogP contribution in [-0.2, 0) is 20.2 Å². The molecular weight excluding hydrogens is 574 g/mol. The minimum absolute atomic E-state index is 0. The summed E-state index contributed by atoms with van der Waals surface area (Å²) in [6.45, 7) is 11.2. The number of allylic oxidation sites excluding steroid dienone is 5. The Morgan fingerprint density at radius 1 is 0.800 bits per heavy atom. The van der Waals surface area contributed by atoms with Gasteiger partial charge in [0, 0.05) is 36.5 Å². The van der Waals surface area contributed by atoms with Gasteiger partial charge in [-0.3, -0.25) is 0 Å². The maximum Gasteiger partial charge on any atom is 1.00 e. The predicted molar refractivity (Wildman–Crippen MR) is 145 cm³/mol. The first-order chi connectivity index (χ1) is 17.8. The van der Waals surface area contributed by atoms with Gasteiger partial charge in [-0.25, -0.2) is 21.4 Å². The van der Waals surface area contributed by atoms with E-state index in [1.807, 2.05) is 52.0 Å². The Kier molecular flexibility index (Phi) is 14.1. The van der Waals surface area contributed by atoms with Gasteiger partial charge in [0.1, 0.15) is 39.1 Å². The SMILES string of the molecule is CCN(CC)c1ccc(C(=C2C=CC(=[N+](CC)CC)C=C2)c2cc(O)c(S(=O)(=O)[O-])cc2S(=O)(=O)[O-])cc1.[Na+].[Na+]. The summed E-state index contributed by atoms with van der Waals surface area (Å²) in [5.74, 6) is -0.945. The summed E-state index contributed by atoms with van der Waals surface area (Å²) in [7, 11) is -10.5. The number of benzene rings is 2. The van der Waals surface area contributed by atoms with Crippen LogP contribution in [0.25, 0.3) is 5.57 Å². The molecule has 0 radical (unpaired) electrons. The zero-order chi connectivity index (χ0) is 28.3. The van der Waals surface area contributed by atoms with E-state index in [0.29, 0.717) is 17.2 Å². The molecule has 2 aromatic rings. The van der Waals surface area contributed by atoms with E-state index in [2.05, 4.69) is 9.48 Å². The van der Waals surface area contributed by atoms with Crippen molar-refractivity contribution in [3.8, 4) is 5.75 Å². The molecule has 0 saturated heterocycles. The molecule has 0 spiro atoms. The summed E-state index contributed by atoms with van der Waals surface area (Å²) >= 11 is 0. The molecule has 204 valence electrons. The average Bonchev–Trinajstić information content (AvgIpc) is 2.86. The Balaban J connectivity index is 0.00000400. The molecule has 0 bridgehead atoms. The Labute approximate surface area is 281 Å². The average molecular weight is 606 g/mol. The molecule has 0 fully saturated rings. The number of rotatable bonds is 9. The molecule has 1 aliphatic rings. The van der Waals surface area contributed by atoms with E-state index in [1.165, 1.54) is 0 Å². The summed E-state index contributed by atoms with van der Waals surface area (Å²) in [6, 6.07) is 8.52. The maximum absolute atomic E-state index is 12.3. The fraction of sp³-hybridized carbons (Fsp3) is 0.296. The van der Waals surface area contributed by atoms with Gasteiger partial charge < -0.3 is 19.1 Å². The van der Waals surface area contributed by atoms with E-state index in [1.54, 1.807) is 24.3 Å². The first-order valence-corrected chi connectivity index (χ1v) is 15.0. The standard InChI is InChI=1S/C27H32N2O7S2.2Na/c1-5-28(6-2)21-13-9-19(10-14-21)27(20-11-15-22(16-12-20)29(7-3)8-4)23-17-24(30)26(38(34,35)36)18-25(23)37(31,32)33;;/h9-18H,5-8H2,1-4H3,(H2-,30,31,32,33,34,35,36);;/q;2*+1/p-1. The van der Waals surface area contributed by atoms with Crippen molar-refractivity contribution in [3.05, 3.63) is 77.4 Å². The number of anilines is 1. The summed E-state index contributed by atoms with van der Waals surface area (Å²) < 4.78 is 73.9. The first kappa shape index (κ1) is 36.8. The third-order valence-corrected chi connectivity index (χ3v) is 8.18. The van der Waals surface area contributed by atoms with Gasteiger partial charge in [-0.15, -0.1) is 0 Å². The molecule has 0 amide bonds. The van der Waals surface area contributed by atoms with Gasteiger partial charge >= 0.3 is 59.1 Å². The predicted octanol–water partition coefficient (Wildman–Crippen LogP) is -2.52. The van der Waals surface area contributed by atoms with E-state index >= 15 is 0 Å². The second-order valence-corrected chi connectivity index (χ2v) is 11.2. The molecule has 9 nitrogen and oxygen atoms in total. The van der Waals surface area contributed by atoms with Crippen molar-refractivity contribution in [2.75, 3.05) is 31.1 Å². The van der Waals surface area contributed by atoms with Crippen molar-refractivity contribution in [2.45, 2.75) is 37.5 Å². The quantitative estimate of drug-likeness (QED) is 0.188. The van der Waals surface area contributed by atoms with Crippen LogP contribution in [0.1, 0.15) is 38.8 Å². The normalized spacial score (nSPS) is 12.9. The number of nitrogens with zero attached hydrogens (tertiary/aromatic N) is 2. The van der Waals surface area contributed by atoms with Crippen molar-refractivity contribution in [1.82, 2.24) is 0 Å². The minimum atomic E-state index is -5.25. The van der Waals surface area contributed by atoms with Gasteiger partial charge in [0.25, 0.3) is 0 Å². The number of aromatic hydroxyl groups is 1. The zero-order valence-corrected chi connectivity index (χ0v) is 29.3. The van der Waals surface area contributed by atoms with E-state index in [0.717, 1.165) is 43.6 Å². The second kappa shape index (κ2) is 15.3. The monoisotopic (exact) mass is 605 g/mol. The molecule has 3 rings (SSSR count). The van der Waals surface area contributed by atoms with Gasteiger partial charge in [0.15, 0.2) is 5.71 Å². The van der Waals surface area contributed by atoms with Crippen LogP contribution in [0.3, 0.4) is 0 Å². The van der Waals surface area contributed by atoms with Crippen LogP contribution in [0.15, 0.2) is 76.1 Å². The van der Waals surface area contributed by atoms with Crippen molar-refractivity contribution in [1.29, 1.82) is 0 Å². The van der Waals surface area contributed by atoms with Crippen molar-refractivity contribution >= 4 is 37.2 Å². The van der Waals surface area contributed by atoms with Crippen molar-refractivity contribution in [3.63, 3.8) is 0 Å². The van der Waals surface area contributed by atoms with Crippen molar-refractivity contribution in [2.24, 2.45) is 0 Å². The summed E-state index contributed by atoms with van der Waals surface area (Å²) in [5, 5.41) is 10.4. The Morgan fingerprint density at radius 2 is 1.30 bits per heavy atom. The molecule has 1 aliphatic carbocycles. The number of hydrogen-bond acceptors (Lipinski definition) is 8. The first-order valence-electron chi connectivity index (χ1n) is 12.2. The van der Waals surface area contributed by atoms with Gasteiger partial charge in [-0.05, 0) is 80.8 Å². The van der Waals surface area contributed by atoms with Gasteiger partial charge in [0.05, 0.1) is 9.79 Å². The molecule has 1 N–H and O–H groups in total. The van der Waals surface area contributed by atoms with Crippen LogP contribution in [-0.4, -0.2) is 67.5 Å². The summed E-state index contributed by atoms with van der Waals surface area (Å²) in [6.07, 6.45) is 7.23. The number of hydrogen-bond donors (Lipinski definition) is 1. The zero-order valence-electron chi connectivity index (χ0n) is 23.7. The number of phenolic OH excluding ortho intramolecular Hbond substituents is 1. The minimum Gasteiger partial charge on any atom is -0.744 e. The van der Waals surface area contributed by atoms with E-state index in [4.69, 9.17) is 0 Å². The molecule has 0 aromatic heterocycles. The maximum atomic E-state index is 12.3.